The number of aromatic nitrogens is 1. The first-order valence-corrected chi connectivity index (χ1v) is 7.49. The van der Waals surface area contributed by atoms with E-state index >= 15 is 0 Å². The van der Waals surface area contributed by atoms with E-state index in [1.165, 1.54) is 18.3 Å². The van der Waals surface area contributed by atoms with Crippen molar-refractivity contribution >= 4 is 23.3 Å². The largest absolute Gasteiger partial charge is 0.464 e. The summed E-state index contributed by atoms with van der Waals surface area (Å²) in [5, 5.41) is 2.10. The highest BCUT2D eigenvalue weighted by Crippen LogP contribution is 2.18. The Labute approximate surface area is 131 Å². The number of carbonyl (C=O) groups excluding carboxylic acids is 2. The van der Waals surface area contributed by atoms with Crippen molar-refractivity contribution in [2.24, 2.45) is 5.73 Å². The molecule has 2 rings (SSSR count). The van der Waals surface area contributed by atoms with Crippen LogP contribution in [-0.2, 0) is 20.9 Å². The fourth-order valence-electron chi connectivity index (χ4n) is 1.63. The van der Waals surface area contributed by atoms with Gasteiger partial charge in [-0.25, -0.2) is 9.78 Å². The first kappa shape index (κ1) is 16.1. The van der Waals surface area contributed by atoms with Gasteiger partial charge in [0.05, 0.1) is 6.04 Å². The second kappa shape index (κ2) is 7.67. The van der Waals surface area contributed by atoms with Gasteiger partial charge in [-0.3, -0.25) is 4.79 Å². The molecule has 0 aliphatic heterocycles. The van der Waals surface area contributed by atoms with Crippen LogP contribution in [0.15, 0.2) is 35.7 Å². The van der Waals surface area contributed by atoms with Crippen molar-refractivity contribution in [3.05, 3.63) is 52.0 Å². The van der Waals surface area contributed by atoms with Gasteiger partial charge in [-0.05, 0) is 5.56 Å². The molecule has 0 saturated carbocycles. The molecule has 0 fully saturated rings. The first-order valence-electron chi connectivity index (χ1n) is 6.61. The van der Waals surface area contributed by atoms with E-state index < -0.39 is 18.0 Å². The normalized spacial score (nSPS) is 11.7. The number of benzene rings is 1. The SMILES string of the molecule is CC(=O)OCC(N)c1nc(C(=O)OCc2ccccc2)cs1. The van der Waals surface area contributed by atoms with E-state index in [0.717, 1.165) is 5.56 Å². The van der Waals surface area contributed by atoms with Crippen LogP contribution in [0.4, 0.5) is 0 Å². The molecule has 2 aromatic rings. The minimum Gasteiger partial charge on any atom is -0.464 e. The Hall–Kier alpha value is -2.25. The molecular weight excluding hydrogens is 304 g/mol. The van der Waals surface area contributed by atoms with Crippen molar-refractivity contribution in [1.29, 1.82) is 0 Å². The number of thiazole rings is 1. The predicted octanol–water partition coefficient (Wildman–Crippen LogP) is 2.06. The Bertz CT molecular complexity index is 642. The summed E-state index contributed by atoms with van der Waals surface area (Å²) in [6.45, 7) is 1.52. The van der Waals surface area contributed by atoms with E-state index in [0.29, 0.717) is 5.01 Å². The monoisotopic (exact) mass is 320 g/mol. The number of carbonyl (C=O) groups is 2. The van der Waals surface area contributed by atoms with Crippen molar-refractivity contribution in [2.75, 3.05) is 6.61 Å². The third kappa shape index (κ3) is 4.64. The van der Waals surface area contributed by atoms with Gasteiger partial charge in [0.25, 0.3) is 0 Å². The molecule has 0 amide bonds. The van der Waals surface area contributed by atoms with Gasteiger partial charge in [-0.1, -0.05) is 30.3 Å². The predicted molar refractivity (Wildman–Crippen MR) is 81.2 cm³/mol. The maximum atomic E-state index is 11.9. The molecule has 22 heavy (non-hydrogen) atoms. The van der Waals surface area contributed by atoms with Crippen LogP contribution >= 0.6 is 11.3 Å². The maximum Gasteiger partial charge on any atom is 0.358 e. The smallest absolute Gasteiger partial charge is 0.358 e. The zero-order valence-corrected chi connectivity index (χ0v) is 12.8. The number of hydrogen-bond donors (Lipinski definition) is 1. The highest BCUT2D eigenvalue weighted by molar-refractivity contribution is 7.09. The van der Waals surface area contributed by atoms with Crippen LogP contribution in [-0.4, -0.2) is 23.5 Å². The summed E-state index contributed by atoms with van der Waals surface area (Å²) in [5.74, 6) is -0.916. The standard InChI is InChI=1S/C15H16N2O4S/c1-10(18)20-8-12(16)14-17-13(9-22-14)15(19)21-7-11-5-3-2-4-6-11/h2-6,9,12H,7-8,16H2,1H3. The van der Waals surface area contributed by atoms with E-state index in [4.69, 9.17) is 15.2 Å². The minimum atomic E-state index is -0.551. The van der Waals surface area contributed by atoms with Gasteiger partial charge in [0.1, 0.15) is 18.2 Å². The van der Waals surface area contributed by atoms with E-state index in [2.05, 4.69) is 4.98 Å². The zero-order valence-electron chi connectivity index (χ0n) is 12.0. The molecule has 0 radical (unpaired) electrons. The summed E-state index contributed by atoms with van der Waals surface area (Å²) in [6.07, 6.45) is 0. The number of rotatable bonds is 6. The molecule has 1 aromatic heterocycles. The molecule has 0 aliphatic carbocycles. The summed E-state index contributed by atoms with van der Waals surface area (Å²) in [7, 11) is 0. The maximum absolute atomic E-state index is 11.9. The molecular formula is C15H16N2O4S. The molecule has 1 atom stereocenters. The Balaban J connectivity index is 1.90. The van der Waals surface area contributed by atoms with Crippen molar-refractivity contribution in [1.82, 2.24) is 4.98 Å². The highest BCUT2D eigenvalue weighted by atomic mass is 32.1. The third-order valence-electron chi connectivity index (χ3n) is 2.73. The lowest BCUT2D eigenvalue weighted by atomic mass is 10.2. The molecule has 0 spiro atoms. The number of ether oxygens (including phenoxy) is 2. The second-order valence-electron chi connectivity index (χ2n) is 4.54. The van der Waals surface area contributed by atoms with Crippen LogP contribution in [0, 0.1) is 0 Å². The fourth-order valence-corrected chi connectivity index (χ4v) is 2.40. The van der Waals surface area contributed by atoms with Crippen LogP contribution in [0.25, 0.3) is 0 Å². The molecule has 1 aromatic carbocycles. The topological polar surface area (TPSA) is 91.5 Å². The van der Waals surface area contributed by atoms with Crippen LogP contribution in [0.5, 0.6) is 0 Å². The quantitative estimate of drug-likeness (QED) is 0.819. The van der Waals surface area contributed by atoms with Gasteiger partial charge in [-0.15, -0.1) is 11.3 Å². The molecule has 0 bridgehead atoms. The average molecular weight is 320 g/mol. The Morgan fingerprint density at radius 2 is 2.00 bits per heavy atom. The van der Waals surface area contributed by atoms with E-state index in [1.54, 1.807) is 5.38 Å². The van der Waals surface area contributed by atoms with Crippen LogP contribution < -0.4 is 5.73 Å². The highest BCUT2D eigenvalue weighted by Gasteiger charge is 2.17. The Morgan fingerprint density at radius 1 is 1.27 bits per heavy atom. The van der Waals surface area contributed by atoms with Crippen molar-refractivity contribution in [2.45, 2.75) is 19.6 Å². The van der Waals surface area contributed by atoms with Crippen molar-refractivity contribution in [3.63, 3.8) is 0 Å². The third-order valence-corrected chi connectivity index (χ3v) is 3.70. The summed E-state index contributed by atoms with van der Waals surface area (Å²) < 4.78 is 10.0. The molecule has 0 aliphatic rings. The summed E-state index contributed by atoms with van der Waals surface area (Å²) in [4.78, 5) is 26.8. The molecule has 2 N–H and O–H groups in total. The zero-order chi connectivity index (χ0) is 15.9. The van der Waals surface area contributed by atoms with Crippen LogP contribution in [0.1, 0.15) is 34.0 Å². The van der Waals surface area contributed by atoms with Crippen LogP contribution in [0.3, 0.4) is 0 Å². The lowest BCUT2D eigenvalue weighted by Gasteiger charge is -2.07. The first-order chi connectivity index (χ1) is 10.6. The van der Waals surface area contributed by atoms with Crippen LogP contribution in [0.2, 0.25) is 0 Å². The molecule has 1 unspecified atom stereocenters. The molecule has 0 saturated heterocycles. The second-order valence-corrected chi connectivity index (χ2v) is 5.43. The number of nitrogens with zero attached hydrogens (tertiary/aromatic N) is 1. The van der Waals surface area contributed by atoms with Crippen molar-refractivity contribution in [3.8, 4) is 0 Å². The fraction of sp³-hybridized carbons (Fsp3) is 0.267. The summed E-state index contributed by atoms with van der Waals surface area (Å²) in [5.41, 5.74) is 6.94. The molecule has 1 heterocycles. The lowest BCUT2D eigenvalue weighted by Crippen LogP contribution is -2.19. The average Bonchev–Trinajstić information content (AvgIpc) is 3.01. The van der Waals surface area contributed by atoms with Gasteiger partial charge in [-0.2, -0.15) is 0 Å². The van der Waals surface area contributed by atoms with E-state index in [1.807, 2.05) is 30.3 Å². The number of hydrogen-bond acceptors (Lipinski definition) is 7. The number of esters is 2. The Morgan fingerprint density at radius 3 is 2.68 bits per heavy atom. The molecule has 7 heteroatoms. The summed E-state index contributed by atoms with van der Waals surface area (Å²) in [6, 6.07) is 8.83. The van der Waals surface area contributed by atoms with Gasteiger partial charge >= 0.3 is 11.9 Å². The van der Waals surface area contributed by atoms with E-state index in [9.17, 15) is 9.59 Å². The molecule has 116 valence electrons. The van der Waals surface area contributed by atoms with Gasteiger partial charge < -0.3 is 15.2 Å². The minimum absolute atomic E-state index is 0.0291. The Kier molecular flexibility index (Phi) is 5.62. The summed E-state index contributed by atoms with van der Waals surface area (Å²) >= 11 is 1.23. The number of nitrogens with two attached hydrogens (primary N) is 1. The van der Waals surface area contributed by atoms with Crippen molar-refractivity contribution < 1.29 is 19.1 Å². The van der Waals surface area contributed by atoms with E-state index in [-0.39, 0.29) is 18.9 Å². The van der Waals surface area contributed by atoms with Gasteiger partial charge in [0.2, 0.25) is 0 Å². The molecule has 6 nitrogen and oxygen atoms in total. The van der Waals surface area contributed by atoms with Gasteiger partial charge in [0, 0.05) is 12.3 Å². The lowest BCUT2D eigenvalue weighted by molar-refractivity contribution is -0.141. The van der Waals surface area contributed by atoms with Gasteiger partial charge in [0.15, 0.2) is 5.69 Å².